The molecule has 0 fully saturated rings. The van der Waals surface area contributed by atoms with Crippen LogP contribution in [0.15, 0.2) is 65.9 Å². The first kappa shape index (κ1) is 18.7. The highest BCUT2D eigenvalue weighted by Gasteiger charge is 2.41. The maximum absolute atomic E-state index is 13.4. The fourth-order valence-corrected chi connectivity index (χ4v) is 5.14. The van der Waals surface area contributed by atoms with E-state index in [-0.39, 0.29) is 17.1 Å². The van der Waals surface area contributed by atoms with Crippen molar-refractivity contribution in [3.63, 3.8) is 0 Å². The van der Waals surface area contributed by atoms with Crippen LogP contribution in [0, 0.1) is 5.41 Å². The largest absolute Gasteiger partial charge is 0.358 e. The minimum absolute atomic E-state index is 0.0561. The molecule has 1 aliphatic carbocycles. The number of hydrogen-bond donors (Lipinski definition) is 1. The summed E-state index contributed by atoms with van der Waals surface area (Å²) in [6, 6.07) is 18.3. The molecule has 0 saturated carbocycles. The quantitative estimate of drug-likeness (QED) is 0.444. The van der Waals surface area contributed by atoms with E-state index in [9.17, 15) is 4.79 Å². The lowest BCUT2D eigenvalue weighted by Crippen LogP contribution is -2.33. The van der Waals surface area contributed by atoms with E-state index in [0.717, 1.165) is 45.3 Å². The lowest BCUT2D eigenvalue weighted by Gasteiger charge is -2.40. The molecule has 1 heterocycles. The van der Waals surface area contributed by atoms with Crippen LogP contribution in [-0.4, -0.2) is 5.78 Å². The molecule has 2 nitrogen and oxygen atoms in total. The Hall–Kier alpha value is -2.29. The van der Waals surface area contributed by atoms with Crippen LogP contribution >= 0.6 is 23.2 Å². The van der Waals surface area contributed by atoms with Crippen LogP contribution in [0.3, 0.4) is 0 Å². The van der Waals surface area contributed by atoms with E-state index in [1.54, 1.807) is 0 Å². The zero-order chi connectivity index (χ0) is 20.3. The average molecular weight is 422 g/mol. The van der Waals surface area contributed by atoms with Crippen LogP contribution in [0.5, 0.6) is 0 Å². The lowest BCUT2D eigenvalue weighted by molar-refractivity contribution is -0.118. The maximum atomic E-state index is 13.4. The normalized spacial score (nSPS) is 20.3. The van der Waals surface area contributed by atoms with Crippen LogP contribution in [0.2, 0.25) is 10.0 Å². The first-order valence-corrected chi connectivity index (χ1v) is 10.6. The second-order valence-corrected chi connectivity index (χ2v) is 9.63. The number of hydrogen-bond acceptors (Lipinski definition) is 2. The van der Waals surface area contributed by atoms with Gasteiger partial charge in [-0.25, -0.2) is 0 Å². The topological polar surface area (TPSA) is 29.1 Å². The number of halogens is 2. The molecule has 0 spiro atoms. The van der Waals surface area contributed by atoms with Crippen molar-refractivity contribution in [1.29, 1.82) is 0 Å². The van der Waals surface area contributed by atoms with Gasteiger partial charge in [-0.15, -0.1) is 0 Å². The first-order valence-electron chi connectivity index (χ1n) is 9.84. The molecule has 0 unspecified atom stereocenters. The van der Waals surface area contributed by atoms with Crippen molar-refractivity contribution in [2.75, 3.05) is 5.32 Å². The second kappa shape index (κ2) is 6.62. The van der Waals surface area contributed by atoms with Crippen molar-refractivity contribution >= 4 is 45.4 Å². The minimum Gasteiger partial charge on any atom is -0.358 e. The number of benzene rings is 3. The molecule has 0 saturated heterocycles. The van der Waals surface area contributed by atoms with Gasteiger partial charge in [0.15, 0.2) is 5.78 Å². The number of Topliss-reactive ketones (excluding diaryl/α,β-unsaturated/α-hetero) is 1. The van der Waals surface area contributed by atoms with Gasteiger partial charge in [0.1, 0.15) is 0 Å². The summed E-state index contributed by atoms with van der Waals surface area (Å²) in [6.07, 6.45) is 1.39. The lowest BCUT2D eigenvalue weighted by atomic mass is 9.68. The molecule has 1 N–H and O–H groups in total. The van der Waals surface area contributed by atoms with E-state index in [1.807, 2.05) is 30.3 Å². The molecule has 0 bridgehead atoms. The van der Waals surface area contributed by atoms with E-state index < -0.39 is 0 Å². The highest BCUT2D eigenvalue weighted by molar-refractivity contribution is 6.42. The van der Waals surface area contributed by atoms with Gasteiger partial charge in [-0.2, -0.15) is 0 Å². The molecule has 146 valence electrons. The number of nitrogens with one attached hydrogen (secondary N) is 1. The zero-order valence-electron chi connectivity index (χ0n) is 16.4. The third kappa shape index (κ3) is 3.06. The van der Waals surface area contributed by atoms with Gasteiger partial charge < -0.3 is 5.32 Å². The molecule has 29 heavy (non-hydrogen) atoms. The predicted octanol–water partition coefficient (Wildman–Crippen LogP) is 7.35. The summed E-state index contributed by atoms with van der Waals surface area (Å²) >= 11 is 12.6. The number of ketones is 1. The zero-order valence-corrected chi connectivity index (χ0v) is 17.9. The molecule has 2 aliphatic rings. The summed E-state index contributed by atoms with van der Waals surface area (Å²) in [6.45, 7) is 4.31. The fraction of sp³-hybridized carbons (Fsp3) is 0.240. The Labute approximate surface area is 180 Å². The Balaban J connectivity index is 1.82. The van der Waals surface area contributed by atoms with E-state index >= 15 is 0 Å². The Morgan fingerprint density at radius 2 is 1.76 bits per heavy atom. The summed E-state index contributed by atoms with van der Waals surface area (Å²) in [4.78, 5) is 13.4. The van der Waals surface area contributed by atoms with Gasteiger partial charge >= 0.3 is 0 Å². The average Bonchev–Trinajstić information content (AvgIpc) is 2.67. The molecular formula is C25H21Cl2NO. The number of carbonyl (C=O) groups excluding carboxylic acids is 1. The summed E-state index contributed by atoms with van der Waals surface area (Å²) in [5.41, 5.74) is 5.03. The number of rotatable bonds is 1. The summed E-state index contributed by atoms with van der Waals surface area (Å²) in [5.74, 6) is 0.0455. The fourth-order valence-electron chi connectivity index (χ4n) is 4.83. The van der Waals surface area contributed by atoms with E-state index in [4.69, 9.17) is 23.2 Å². The summed E-state index contributed by atoms with van der Waals surface area (Å²) < 4.78 is 0. The molecule has 0 aromatic heterocycles. The van der Waals surface area contributed by atoms with Crippen molar-refractivity contribution in [2.45, 2.75) is 32.6 Å². The number of fused-ring (bicyclic) bond motifs is 3. The van der Waals surface area contributed by atoms with Gasteiger partial charge in [0.05, 0.1) is 10.0 Å². The smallest absolute Gasteiger partial charge is 0.162 e. The third-order valence-corrected chi connectivity index (χ3v) is 6.77. The third-order valence-electron chi connectivity index (χ3n) is 6.03. The Bertz CT molecular complexity index is 1210. The second-order valence-electron chi connectivity index (χ2n) is 8.81. The maximum Gasteiger partial charge on any atom is 0.162 e. The molecule has 4 heteroatoms. The van der Waals surface area contributed by atoms with Gasteiger partial charge in [0.2, 0.25) is 0 Å². The Morgan fingerprint density at radius 3 is 2.55 bits per heavy atom. The van der Waals surface area contributed by atoms with Crippen LogP contribution in [-0.2, 0) is 4.79 Å². The SMILES string of the molecule is CC1(C)CC(=O)C2=C(C1)Nc1ccc3ccccc3c1[C@@H]2c1ccc(Cl)c(Cl)c1. The van der Waals surface area contributed by atoms with Crippen molar-refractivity contribution in [3.8, 4) is 0 Å². The standard InChI is InChI=1S/C25H21Cl2NO/c1-25(2)12-20-24(21(29)13-25)22(15-7-9-17(26)18(27)11-15)23-16-6-4-3-5-14(16)8-10-19(23)28-20/h3-11,22,28H,12-13H2,1-2H3/t22-/m0/s1. The first-order chi connectivity index (χ1) is 13.8. The van der Waals surface area contributed by atoms with Crippen molar-refractivity contribution < 1.29 is 4.79 Å². The van der Waals surface area contributed by atoms with Crippen LogP contribution in [0.4, 0.5) is 5.69 Å². The van der Waals surface area contributed by atoms with Crippen molar-refractivity contribution in [1.82, 2.24) is 0 Å². The van der Waals surface area contributed by atoms with Gasteiger partial charge in [-0.05, 0) is 51.9 Å². The molecule has 0 amide bonds. The molecular weight excluding hydrogens is 401 g/mol. The molecule has 3 aromatic rings. The molecule has 0 radical (unpaired) electrons. The van der Waals surface area contributed by atoms with E-state index in [2.05, 4.69) is 43.4 Å². The number of anilines is 1. The molecule has 5 rings (SSSR count). The van der Waals surface area contributed by atoms with Gasteiger partial charge in [-0.3, -0.25) is 4.79 Å². The number of allylic oxidation sites excluding steroid dienone is 2. The van der Waals surface area contributed by atoms with Crippen molar-refractivity contribution in [2.24, 2.45) is 5.41 Å². The van der Waals surface area contributed by atoms with Gasteiger partial charge in [0.25, 0.3) is 0 Å². The predicted molar refractivity (Wildman–Crippen MR) is 121 cm³/mol. The summed E-state index contributed by atoms with van der Waals surface area (Å²) in [5, 5.41) is 6.94. The molecule has 1 aliphatic heterocycles. The highest BCUT2D eigenvalue weighted by atomic mass is 35.5. The van der Waals surface area contributed by atoms with E-state index in [1.165, 1.54) is 0 Å². The minimum atomic E-state index is -0.161. The van der Waals surface area contributed by atoms with Gasteiger partial charge in [0, 0.05) is 29.3 Å². The van der Waals surface area contributed by atoms with Crippen LogP contribution < -0.4 is 5.32 Å². The summed E-state index contributed by atoms with van der Waals surface area (Å²) in [7, 11) is 0. The Morgan fingerprint density at radius 1 is 0.966 bits per heavy atom. The van der Waals surface area contributed by atoms with Crippen LogP contribution in [0.1, 0.15) is 43.7 Å². The van der Waals surface area contributed by atoms with Crippen LogP contribution in [0.25, 0.3) is 10.8 Å². The molecule has 1 atom stereocenters. The number of carbonyl (C=O) groups is 1. The highest BCUT2D eigenvalue weighted by Crippen LogP contribution is 2.51. The van der Waals surface area contributed by atoms with E-state index in [0.29, 0.717) is 16.5 Å². The monoisotopic (exact) mass is 421 g/mol. The van der Waals surface area contributed by atoms with Crippen molar-refractivity contribution in [3.05, 3.63) is 87.0 Å². The molecule has 3 aromatic carbocycles. The Kier molecular flexibility index (Phi) is 4.27. The van der Waals surface area contributed by atoms with Gasteiger partial charge in [-0.1, -0.05) is 73.4 Å².